The Bertz CT molecular complexity index is 1210. The van der Waals surface area contributed by atoms with E-state index in [1.165, 1.54) is 16.0 Å². The number of para-hydroxylation sites is 1. The third-order valence-electron chi connectivity index (χ3n) is 4.50. The molecule has 1 aromatic carbocycles. The smallest absolute Gasteiger partial charge is 0.305 e. The molecular formula is C19H21ClN8O2S. The number of hydrogen-bond acceptors (Lipinski definition) is 8. The van der Waals surface area contributed by atoms with Crippen LogP contribution in [0.2, 0.25) is 5.02 Å². The van der Waals surface area contributed by atoms with Gasteiger partial charge in [-0.15, -0.1) is 11.3 Å². The SMILES string of the molecule is CC(C)CCC(=O)Nc1nc(COc2nc3c(Cl)cccc3n2-c2nnnn2C)cs1. The fraction of sp³-hybridized carbons (Fsp3) is 0.368. The lowest BCUT2D eigenvalue weighted by atomic mass is 10.1. The molecular weight excluding hydrogens is 440 g/mol. The van der Waals surface area contributed by atoms with Gasteiger partial charge in [0.2, 0.25) is 5.91 Å². The van der Waals surface area contributed by atoms with Crippen LogP contribution in [-0.4, -0.2) is 40.6 Å². The number of anilines is 1. The molecule has 10 nitrogen and oxygen atoms in total. The number of hydrogen-bond donors (Lipinski definition) is 1. The lowest BCUT2D eigenvalue weighted by Crippen LogP contribution is -2.12. The van der Waals surface area contributed by atoms with Crippen molar-refractivity contribution >= 4 is 45.0 Å². The van der Waals surface area contributed by atoms with Gasteiger partial charge in [0.05, 0.1) is 16.2 Å². The van der Waals surface area contributed by atoms with Crippen LogP contribution < -0.4 is 10.1 Å². The largest absolute Gasteiger partial charge is 0.458 e. The van der Waals surface area contributed by atoms with Crippen LogP contribution in [0.25, 0.3) is 17.0 Å². The van der Waals surface area contributed by atoms with E-state index in [9.17, 15) is 4.79 Å². The molecule has 0 saturated heterocycles. The summed E-state index contributed by atoms with van der Waals surface area (Å²) in [6.45, 7) is 4.33. The van der Waals surface area contributed by atoms with Crippen molar-refractivity contribution in [3.05, 3.63) is 34.3 Å². The lowest BCUT2D eigenvalue weighted by Gasteiger charge is -2.07. The van der Waals surface area contributed by atoms with E-state index in [1.807, 2.05) is 17.5 Å². The summed E-state index contributed by atoms with van der Waals surface area (Å²) < 4.78 is 9.17. The summed E-state index contributed by atoms with van der Waals surface area (Å²) >= 11 is 7.67. The van der Waals surface area contributed by atoms with Crippen molar-refractivity contribution < 1.29 is 9.53 Å². The van der Waals surface area contributed by atoms with Crippen molar-refractivity contribution in [1.29, 1.82) is 0 Å². The molecule has 3 aromatic heterocycles. The molecule has 0 radical (unpaired) electrons. The molecule has 1 amide bonds. The second kappa shape index (κ2) is 8.98. The molecule has 0 aliphatic rings. The number of tetrazole rings is 1. The van der Waals surface area contributed by atoms with E-state index in [0.717, 1.165) is 11.9 Å². The van der Waals surface area contributed by atoms with Crippen LogP contribution in [0.15, 0.2) is 23.6 Å². The number of benzene rings is 1. The third-order valence-corrected chi connectivity index (χ3v) is 5.61. The van der Waals surface area contributed by atoms with Gasteiger partial charge in [-0.2, -0.15) is 4.98 Å². The van der Waals surface area contributed by atoms with Gasteiger partial charge >= 0.3 is 6.01 Å². The first-order valence-corrected chi connectivity index (χ1v) is 10.9. The summed E-state index contributed by atoms with van der Waals surface area (Å²) in [5.41, 5.74) is 1.97. The summed E-state index contributed by atoms with van der Waals surface area (Å²) in [6, 6.07) is 5.74. The summed E-state index contributed by atoms with van der Waals surface area (Å²) in [7, 11) is 1.73. The number of aromatic nitrogens is 7. The Kier molecular flexibility index (Phi) is 6.14. The molecule has 0 bridgehead atoms. The van der Waals surface area contributed by atoms with Gasteiger partial charge < -0.3 is 10.1 Å². The Morgan fingerprint density at radius 3 is 2.90 bits per heavy atom. The van der Waals surface area contributed by atoms with E-state index >= 15 is 0 Å². The van der Waals surface area contributed by atoms with E-state index in [2.05, 4.69) is 44.7 Å². The first-order valence-electron chi connectivity index (χ1n) is 9.69. The van der Waals surface area contributed by atoms with Crippen LogP contribution >= 0.6 is 22.9 Å². The van der Waals surface area contributed by atoms with Crippen molar-refractivity contribution in [2.75, 3.05) is 5.32 Å². The molecule has 12 heteroatoms. The normalized spacial score (nSPS) is 11.4. The Balaban J connectivity index is 1.53. The Labute approximate surface area is 187 Å². The molecule has 162 valence electrons. The summed E-state index contributed by atoms with van der Waals surface area (Å²) in [4.78, 5) is 21.0. The number of ether oxygens (including phenoxy) is 1. The average Bonchev–Trinajstić information content (AvgIpc) is 3.43. The van der Waals surface area contributed by atoms with Crippen LogP contribution in [0, 0.1) is 5.92 Å². The number of thiazole rings is 1. The molecule has 0 aliphatic carbocycles. The molecule has 0 saturated carbocycles. The average molecular weight is 461 g/mol. The standard InChI is InChI=1S/C19H21ClN8O2S/c1-11(2)7-8-15(29)22-17-21-12(10-31-17)9-30-19-23-16-13(20)5-4-6-14(16)28(19)18-24-25-26-27(18)3/h4-6,10-11H,7-9H2,1-3H3,(H,21,22,29). The van der Waals surface area contributed by atoms with Gasteiger partial charge in [-0.1, -0.05) is 36.6 Å². The van der Waals surface area contributed by atoms with Crippen LogP contribution in [0.4, 0.5) is 5.13 Å². The number of carbonyl (C=O) groups excluding carboxylic acids is 1. The molecule has 4 aromatic rings. The number of rotatable bonds is 8. The Morgan fingerprint density at radius 2 is 2.16 bits per heavy atom. The van der Waals surface area contributed by atoms with Crippen LogP contribution in [0.5, 0.6) is 6.01 Å². The van der Waals surface area contributed by atoms with Crippen molar-refractivity contribution in [3.8, 4) is 12.0 Å². The highest BCUT2D eigenvalue weighted by molar-refractivity contribution is 7.13. The van der Waals surface area contributed by atoms with Gasteiger partial charge in [0, 0.05) is 18.8 Å². The predicted octanol–water partition coefficient (Wildman–Crippen LogP) is 3.61. The van der Waals surface area contributed by atoms with E-state index in [4.69, 9.17) is 16.3 Å². The molecule has 4 rings (SSSR count). The number of fused-ring (bicyclic) bond motifs is 1. The first-order chi connectivity index (χ1) is 14.9. The van der Waals surface area contributed by atoms with Crippen molar-refractivity contribution in [1.82, 2.24) is 34.7 Å². The molecule has 0 spiro atoms. The number of nitrogens with zero attached hydrogens (tertiary/aromatic N) is 7. The lowest BCUT2D eigenvalue weighted by molar-refractivity contribution is -0.116. The zero-order valence-corrected chi connectivity index (χ0v) is 18.8. The highest BCUT2D eigenvalue weighted by Gasteiger charge is 2.20. The Hall–Kier alpha value is -3.05. The second-order valence-electron chi connectivity index (χ2n) is 7.35. The van der Waals surface area contributed by atoms with E-state index < -0.39 is 0 Å². The second-order valence-corrected chi connectivity index (χ2v) is 8.62. The summed E-state index contributed by atoms with van der Waals surface area (Å²) in [5.74, 6) is 0.876. The van der Waals surface area contributed by atoms with Crippen LogP contribution in [0.3, 0.4) is 0 Å². The van der Waals surface area contributed by atoms with Crippen LogP contribution in [0.1, 0.15) is 32.4 Å². The maximum absolute atomic E-state index is 12.0. The molecule has 0 aliphatic heterocycles. The molecule has 0 atom stereocenters. The zero-order chi connectivity index (χ0) is 22.0. The fourth-order valence-electron chi connectivity index (χ4n) is 2.92. The summed E-state index contributed by atoms with van der Waals surface area (Å²) in [5, 5.41) is 17.3. The van der Waals surface area contributed by atoms with Gasteiger partial charge in [0.15, 0.2) is 5.13 Å². The van der Waals surface area contributed by atoms with Crippen molar-refractivity contribution in [2.24, 2.45) is 13.0 Å². The number of amides is 1. The zero-order valence-electron chi connectivity index (χ0n) is 17.2. The van der Waals surface area contributed by atoms with E-state index in [0.29, 0.717) is 39.7 Å². The van der Waals surface area contributed by atoms with E-state index in [-0.39, 0.29) is 18.5 Å². The minimum absolute atomic E-state index is 0.0401. The van der Waals surface area contributed by atoms with Gasteiger partial charge in [-0.25, -0.2) is 14.2 Å². The third kappa shape index (κ3) is 4.67. The predicted molar refractivity (Wildman–Crippen MR) is 118 cm³/mol. The van der Waals surface area contributed by atoms with Gasteiger partial charge in [-0.05, 0) is 34.9 Å². The first kappa shape index (κ1) is 21.2. The maximum Gasteiger partial charge on any atom is 0.305 e. The minimum Gasteiger partial charge on any atom is -0.458 e. The number of aryl methyl sites for hydroxylation is 1. The van der Waals surface area contributed by atoms with Gasteiger partial charge in [0.25, 0.3) is 5.95 Å². The Morgan fingerprint density at radius 1 is 1.32 bits per heavy atom. The molecule has 31 heavy (non-hydrogen) atoms. The molecule has 1 N–H and O–H groups in total. The van der Waals surface area contributed by atoms with Crippen LogP contribution in [-0.2, 0) is 18.4 Å². The van der Waals surface area contributed by atoms with Gasteiger partial charge in [0.1, 0.15) is 12.1 Å². The number of imidazole rings is 1. The quantitative estimate of drug-likeness (QED) is 0.427. The van der Waals surface area contributed by atoms with E-state index in [1.54, 1.807) is 17.7 Å². The molecule has 0 fully saturated rings. The topological polar surface area (TPSA) is 113 Å². The maximum atomic E-state index is 12.0. The highest BCUT2D eigenvalue weighted by atomic mass is 35.5. The molecule has 0 unspecified atom stereocenters. The minimum atomic E-state index is -0.0401. The monoisotopic (exact) mass is 460 g/mol. The van der Waals surface area contributed by atoms with Crippen molar-refractivity contribution in [3.63, 3.8) is 0 Å². The number of nitrogens with one attached hydrogen (secondary N) is 1. The highest BCUT2D eigenvalue weighted by Crippen LogP contribution is 2.30. The van der Waals surface area contributed by atoms with Crippen molar-refractivity contribution in [2.45, 2.75) is 33.3 Å². The number of halogens is 1. The molecule has 3 heterocycles. The fourth-order valence-corrected chi connectivity index (χ4v) is 3.84. The van der Waals surface area contributed by atoms with Gasteiger partial charge in [-0.3, -0.25) is 4.79 Å². The number of carbonyl (C=O) groups is 1. The summed E-state index contributed by atoms with van der Waals surface area (Å²) in [6.07, 6.45) is 1.31.